The molecule has 4 nitrogen and oxygen atoms in total. The summed E-state index contributed by atoms with van der Waals surface area (Å²) >= 11 is 4.51. The van der Waals surface area contributed by atoms with Crippen LogP contribution < -0.4 is 5.43 Å². The first kappa shape index (κ1) is 23.2. The highest BCUT2D eigenvalue weighted by Gasteiger charge is 2.29. The third-order valence-electron chi connectivity index (χ3n) is 5.46. The number of carbonyl (C=O) groups excluding carboxylic acids is 2. The second kappa shape index (κ2) is 11.3. The summed E-state index contributed by atoms with van der Waals surface area (Å²) in [6, 6.07) is 35.4. The Bertz CT molecular complexity index is 1290. The SMILES string of the molecule is O=C(N/N=C(/Cc1ccccc1)C(C(=O)c1ccccc1S)c1ccccc1)c1ccccc1. The van der Waals surface area contributed by atoms with Crippen LogP contribution in [0.2, 0.25) is 0 Å². The van der Waals surface area contributed by atoms with E-state index < -0.39 is 5.92 Å². The molecule has 1 atom stereocenters. The molecule has 1 amide bonds. The smallest absolute Gasteiger partial charge is 0.271 e. The van der Waals surface area contributed by atoms with Gasteiger partial charge in [0.25, 0.3) is 5.91 Å². The van der Waals surface area contributed by atoms with Crippen molar-refractivity contribution in [2.24, 2.45) is 5.10 Å². The summed E-state index contributed by atoms with van der Waals surface area (Å²) in [5.41, 5.74) is 6.00. The van der Waals surface area contributed by atoms with Crippen molar-refractivity contribution in [1.29, 1.82) is 0 Å². The second-order valence-electron chi connectivity index (χ2n) is 7.80. The van der Waals surface area contributed by atoms with Gasteiger partial charge in [0.15, 0.2) is 5.78 Å². The van der Waals surface area contributed by atoms with Crippen LogP contribution in [0, 0.1) is 0 Å². The van der Waals surface area contributed by atoms with Crippen molar-refractivity contribution >= 4 is 30.0 Å². The predicted octanol–water partition coefficient (Wildman–Crippen LogP) is 5.97. The quantitative estimate of drug-likeness (QED) is 0.146. The number of hydrazone groups is 1. The van der Waals surface area contributed by atoms with Crippen LogP contribution in [0.15, 0.2) is 125 Å². The Morgan fingerprint density at radius 1 is 0.735 bits per heavy atom. The van der Waals surface area contributed by atoms with Crippen molar-refractivity contribution in [1.82, 2.24) is 5.43 Å². The molecule has 0 fully saturated rings. The Kier molecular flexibility index (Phi) is 7.68. The minimum Gasteiger partial charge on any atom is -0.293 e. The van der Waals surface area contributed by atoms with Crippen molar-refractivity contribution < 1.29 is 9.59 Å². The molecular weight excluding hydrogens is 440 g/mol. The molecule has 0 aliphatic carbocycles. The lowest BCUT2D eigenvalue weighted by Gasteiger charge is -2.20. The molecule has 0 bridgehead atoms. The molecule has 4 aromatic carbocycles. The molecule has 0 aliphatic heterocycles. The van der Waals surface area contributed by atoms with Gasteiger partial charge in [0.1, 0.15) is 0 Å². The van der Waals surface area contributed by atoms with E-state index in [9.17, 15) is 9.59 Å². The molecule has 4 aromatic rings. The topological polar surface area (TPSA) is 58.5 Å². The zero-order valence-electron chi connectivity index (χ0n) is 18.5. The lowest BCUT2D eigenvalue weighted by molar-refractivity contribution is 0.0947. The third-order valence-corrected chi connectivity index (χ3v) is 5.85. The average Bonchev–Trinajstić information content (AvgIpc) is 2.89. The highest BCUT2D eigenvalue weighted by Crippen LogP contribution is 2.27. The van der Waals surface area contributed by atoms with Gasteiger partial charge in [0.2, 0.25) is 0 Å². The molecule has 0 radical (unpaired) electrons. The van der Waals surface area contributed by atoms with Crippen LogP contribution in [0.25, 0.3) is 0 Å². The summed E-state index contributed by atoms with van der Waals surface area (Å²) in [7, 11) is 0. The monoisotopic (exact) mass is 464 g/mol. The fraction of sp³-hybridized carbons (Fsp3) is 0.0690. The summed E-state index contributed by atoms with van der Waals surface area (Å²) in [6.45, 7) is 0. The highest BCUT2D eigenvalue weighted by atomic mass is 32.1. The van der Waals surface area contributed by atoms with Crippen molar-refractivity contribution in [3.8, 4) is 0 Å². The lowest BCUT2D eigenvalue weighted by atomic mass is 9.84. The number of benzene rings is 4. The minimum absolute atomic E-state index is 0.125. The van der Waals surface area contributed by atoms with E-state index in [2.05, 4.69) is 23.2 Å². The lowest BCUT2D eigenvalue weighted by Crippen LogP contribution is -2.28. The second-order valence-corrected chi connectivity index (χ2v) is 8.28. The van der Waals surface area contributed by atoms with Crippen LogP contribution in [-0.4, -0.2) is 17.4 Å². The molecule has 0 saturated heterocycles. The fourth-order valence-corrected chi connectivity index (χ4v) is 4.04. The maximum Gasteiger partial charge on any atom is 0.271 e. The number of nitrogens with zero attached hydrogens (tertiary/aromatic N) is 1. The van der Waals surface area contributed by atoms with Crippen LogP contribution in [0.5, 0.6) is 0 Å². The number of amides is 1. The van der Waals surface area contributed by atoms with Crippen molar-refractivity contribution in [3.63, 3.8) is 0 Å². The van der Waals surface area contributed by atoms with Gasteiger partial charge in [-0.3, -0.25) is 9.59 Å². The number of rotatable bonds is 8. The van der Waals surface area contributed by atoms with Crippen molar-refractivity contribution in [2.45, 2.75) is 17.2 Å². The summed E-state index contributed by atoms with van der Waals surface area (Å²) in [6.07, 6.45) is 0.399. The van der Waals surface area contributed by atoms with Gasteiger partial charge < -0.3 is 0 Å². The van der Waals surface area contributed by atoms with Gasteiger partial charge in [-0.1, -0.05) is 97.1 Å². The Balaban J connectivity index is 1.78. The molecular formula is C29H24N2O2S. The molecule has 4 rings (SSSR count). The average molecular weight is 465 g/mol. The van der Waals surface area contributed by atoms with Gasteiger partial charge in [-0.25, -0.2) is 5.43 Å². The van der Waals surface area contributed by atoms with Gasteiger partial charge in [0.05, 0.1) is 11.6 Å². The number of ketones is 1. The van der Waals surface area contributed by atoms with E-state index in [1.165, 1.54) is 0 Å². The number of Topliss-reactive ketones (excluding diaryl/α,β-unsaturated/α-hetero) is 1. The number of hydrogen-bond donors (Lipinski definition) is 2. The maximum absolute atomic E-state index is 13.9. The molecule has 0 aromatic heterocycles. The number of carbonyl (C=O) groups is 2. The van der Waals surface area contributed by atoms with Crippen molar-refractivity contribution in [3.05, 3.63) is 138 Å². The zero-order valence-corrected chi connectivity index (χ0v) is 19.4. The third kappa shape index (κ3) is 5.69. The molecule has 5 heteroatoms. The largest absolute Gasteiger partial charge is 0.293 e. The Hall–Kier alpha value is -3.96. The van der Waals surface area contributed by atoms with E-state index in [4.69, 9.17) is 0 Å². The van der Waals surface area contributed by atoms with E-state index in [0.29, 0.717) is 28.2 Å². The predicted molar refractivity (Wildman–Crippen MR) is 139 cm³/mol. The van der Waals surface area contributed by atoms with Crippen molar-refractivity contribution in [2.75, 3.05) is 0 Å². The summed E-state index contributed by atoms with van der Waals surface area (Å²) in [4.78, 5) is 27.2. The van der Waals surface area contributed by atoms with Gasteiger partial charge in [-0.2, -0.15) is 5.10 Å². The summed E-state index contributed by atoms with van der Waals surface area (Å²) in [5, 5.41) is 4.52. The number of nitrogens with one attached hydrogen (secondary N) is 1. The van der Waals surface area contributed by atoms with Gasteiger partial charge >= 0.3 is 0 Å². The molecule has 0 saturated carbocycles. The van der Waals surface area contributed by atoms with Gasteiger partial charge in [-0.15, -0.1) is 12.6 Å². The molecule has 1 N–H and O–H groups in total. The van der Waals surface area contributed by atoms with Gasteiger partial charge in [-0.05, 0) is 29.3 Å². The molecule has 0 spiro atoms. The van der Waals surface area contributed by atoms with Crippen LogP contribution in [-0.2, 0) is 6.42 Å². The van der Waals surface area contributed by atoms with Crippen LogP contribution in [0.3, 0.4) is 0 Å². The van der Waals surface area contributed by atoms with E-state index in [1.807, 2.05) is 78.9 Å². The first-order chi connectivity index (χ1) is 16.6. The molecule has 0 heterocycles. The summed E-state index contributed by atoms with van der Waals surface area (Å²) < 4.78 is 0. The van der Waals surface area contributed by atoms with Crippen LogP contribution >= 0.6 is 12.6 Å². The van der Waals surface area contributed by atoms with E-state index in [-0.39, 0.29) is 11.7 Å². The Morgan fingerprint density at radius 2 is 1.29 bits per heavy atom. The van der Waals surface area contributed by atoms with E-state index in [0.717, 1.165) is 11.1 Å². The van der Waals surface area contributed by atoms with Crippen LogP contribution in [0.1, 0.15) is 37.8 Å². The summed E-state index contributed by atoms with van der Waals surface area (Å²) in [5.74, 6) is -1.15. The first-order valence-corrected chi connectivity index (χ1v) is 11.4. The fourth-order valence-electron chi connectivity index (χ4n) is 3.77. The Labute approximate surface area is 204 Å². The standard InChI is InChI=1S/C29H24N2O2S/c32-28(24-18-10-11-19-26(24)34)27(22-14-6-2-7-15-22)25(20-21-12-4-1-5-13-21)30-31-29(33)23-16-8-3-9-17-23/h1-19,27,34H,20H2,(H,31,33)/b30-25-. The molecule has 0 aliphatic rings. The zero-order chi connectivity index (χ0) is 23.8. The number of thiol groups is 1. The highest BCUT2D eigenvalue weighted by molar-refractivity contribution is 7.80. The molecule has 168 valence electrons. The van der Waals surface area contributed by atoms with E-state index >= 15 is 0 Å². The number of hydrogen-bond acceptors (Lipinski definition) is 4. The maximum atomic E-state index is 13.9. The molecule has 34 heavy (non-hydrogen) atoms. The minimum atomic E-state index is -0.689. The Morgan fingerprint density at radius 3 is 1.94 bits per heavy atom. The van der Waals surface area contributed by atoms with E-state index in [1.54, 1.807) is 36.4 Å². The molecule has 1 unspecified atom stereocenters. The van der Waals surface area contributed by atoms with Crippen LogP contribution in [0.4, 0.5) is 0 Å². The first-order valence-electron chi connectivity index (χ1n) is 11.0. The normalized spacial score (nSPS) is 12.1. The van der Waals surface area contributed by atoms with Gasteiger partial charge in [0, 0.05) is 22.4 Å².